The molecule has 120 valence electrons. The third kappa shape index (κ3) is 4.65. The summed E-state index contributed by atoms with van der Waals surface area (Å²) < 4.78 is 37.6. The van der Waals surface area contributed by atoms with E-state index in [9.17, 15) is 8.42 Å². The van der Waals surface area contributed by atoms with Gasteiger partial charge in [-0.25, -0.2) is 8.42 Å². The molecule has 0 spiro atoms. The van der Waals surface area contributed by atoms with Gasteiger partial charge >= 0.3 is 0 Å². The van der Waals surface area contributed by atoms with Crippen molar-refractivity contribution in [3.05, 3.63) is 22.7 Å². The zero-order valence-corrected chi connectivity index (χ0v) is 14.8. The molecule has 1 atom stereocenters. The van der Waals surface area contributed by atoms with Crippen LogP contribution in [0.1, 0.15) is 6.92 Å². The number of rotatable bonds is 8. The Morgan fingerprint density at radius 2 is 2.00 bits per heavy atom. The van der Waals surface area contributed by atoms with Gasteiger partial charge in [-0.15, -0.1) is 0 Å². The maximum Gasteiger partial charge on any atom is 0.244 e. The van der Waals surface area contributed by atoms with Gasteiger partial charge in [-0.2, -0.15) is 4.31 Å². The lowest BCUT2D eigenvalue weighted by atomic mass is 10.3. The quantitative estimate of drug-likeness (QED) is 0.694. The first-order valence-electron chi connectivity index (χ1n) is 6.39. The Morgan fingerprint density at radius 1 is 1.33 bits per heavy atom. The van der Waals surface area contributed by atoms with Crippen LogP contribution >= 0.6 is 15.9 Å². The predicted octanol–water partition coefficient (Wildman–Crippen LogP) is 1.70. The van der Waals surface area contributed by atoms with Crippen LogP contribution in [0.15, 0.2) is 27.6 Å². The third-order valence-electron chi connectivity index (χ3n) is 2.96. The number of hydrogen-bond acceptors (Lipinski definition) is 5. The van der Waals surface area contributed by atoms with E-state index in [1.807, 2.05) is 0 Å². The lowest BCUT2D eigenvalue weighted by Crippen LogP contribution is -2.43. The standard InChI is InChI=1S/C13H21BrN2O4S/c1-10(9-20-3)16(6-7-19-2)21(17,18)13-8-11(15)4-5-12(13)14/h4-5,8,10H,6-7,9,15H2,1-3H3. The van der Waals surface area contributed by atoms with Crippen molar-refractivity contribution in [1.29, 1.82) is 0 Å². The summed E-state index contributed by atoms with van der Waals surface area (Å²) in [6, 6.07) is 4.39. The van der Waals surface area contributed by atoms with Crippen LogP contribution in [0, 0.1) is 0 Å². The molecular formula is C13H21BrN2O4S. The highest BCUT2D eigenvalue weighted by molar-refractivity contribution is 9.10. The summed E-state index contributed by atoms with van der Waals surface area (Å²) in [5.41, 5.74) is 6.10. The lowest BCUT2D eigenvalue weighted by Gasteiger charge is -2.28. The summed E-state index contributed by atoms with van der Waals surface area (Å²) in [6.45, 7) is 2.62. The fraction of sp³-hybridized carbons (Fsp3) is 0.538. The number of nitrogens with two attached hydrogens (primary N) is 1. The van der Waals surface area contributed by atoms with Crippen LogP contribution in [0.4, 0.5) is 5.69 Å². The molecule has 0 saturated carbocycles. The molecule has 0 aliphatic rings. The average Bonchev–Trinajstić information content (AvgIpc) is 2.42. The Labute approximate surface area is 134 Å². The minimum Gasteiger partial charge on any atom is -0.399 e. The van der Waals surface area contributed by atoms with Crippen molar-refractivity contribution >= 4 is 31.6 Å². The van der Waals surface area contributed by atoms with E-state index in [2.05, 4.69) is 15.9 Å². The number of methoxy groups -OCH3 is 2. The number of ether oxygens (including phenoxy) is 2. The Bertz CT molecular complexity index is 565. The second-order valence-corrected chi connectivity index (χ2v) is 7.32. The maximum atomic E-state index is 12.9. The topological polar surface area (TPSA) is 81.9 Å². The smallest absolute Gasteiger partial charge is 0.244 e. The van der Waals surface area contributed by atoms with Crippen molar-refractivity contribution in [3.63, 3.8) is 0 Å². The van der Waals surface area contributed by atoms with Crippen LogP contribution in [-0.2, 0) is 19.5 Å². The molecule has 1 aromatic carbocycles. The average molecular weight is 381 g/mol. The molecule has 0 bridgehead atoms. The van der Waals surface area contributed by atoms with E-state index >= 15 is 0 Å². The fourth-order valence-corrected chi connectivity index (χ4v) is 4.49. The normalized spacial score (nSPS) is 13.6. The zero-order valence-electron chi connectivity index (χ0n) is 12.4. The minimum absolute atomic E-state index is 0.140. The van der Waals surface area contributed by atoms with Crippen LogP contribution in [-0.4, -0.2) is 52.7 Å². The van der Waals surface area contributed by atoms with Gasteiger partial charge in [-0.05, 0) is 41.1 Å². The fourth-order valence-electron chi connectivity index (χ4n) is 1.93. The molecule has 6 nitrogen and oxygen atoms in total. The van der Waals surface area contributed by atoms with Crippen LogP contribution in [0.2, 0.25) is 0 Å². The number of benzene rings is 1. The molecule has 0 fully saturated rings. The summed E-state index contributed by atoms with van der Waals surface area (Å²) in [6.07, 6.45) is 0. The second-order valence-electron chi connectivity index (χ2n) is 4.60. The lowest BCUT2D eigenvalue weighted by molar-refractivity contribution is 0.119. The molecule has 8 heteroatoms. The van der Waals surface area contributed by atoms with Crippen LogP contribution < -0.4 is 5.73 Å². The summed E-state index contributed by atoms with van der Waals surface area (Å²) in [7, 11) is -0.636. The van der Waals surface area contributed by atoms with Crippen LogP contribution in [0.5, 0.6) is 0 Å². The first-order valence-corrected chi connectivity index (χ1v) is 8.62. The van der Waals surface area contributed by atoms with Gasteiger partial charge in [0.05, 0.1) is 18.1 Å². The molecule has 0 heterocycles. The molecule has 0 aromatic heterocycles. The molecule has 0 aliphatic carbocycles. The number of nitrogens with zero attached hydrogens (tertiary/aromatic N) is 1. The van der Waals surface area contributed by atoms with Crippen LogP contribution in [0.3, 0.4) is 0 Å². The molecule has 1 aromatic rings. The van der Waals surface area contributed by atoms with E-state index in [0.29, 0.717) is 23.4 Å². The summed E-state index contributed by atoms with van der Waals surface area (Å²) in [4.78, 5) is 0.140. The van der Waals surface area contributed by atoms with Crippen molar-refractivity contribution in [2.75, 3.05) is 39.7 Å². The molecule has 0 saturated heterocycles. The van der Waals surface area contributed by atoms with Gasteiger partial charge < -0.3 is 15.2 Å². The number of hydrogen-bond donors (Lipinski definition) is 1. The van der Waals surface area contributed by atoms with Gasteiger partial charge in [-0.1, -0.05) is 0 Å². The molecule has 21 heavy (non-hydrogen) atoms. The van der Waals surface area contributed by atoms with Gasteiger partial charge in [-0.3, -0.25) is 0 Å². The number of sulfonamides is 1. The van der Waals surface area contributed by atoms with E-state index in [-0.39, 0.29) is 17.5 Å². The first-order chi connectivity index (χ1) is 9.84. The Hall–Kier alpha value is -0.670. The molecule has 0 amide bonds. The molecule has 2 N–H and O–H groups in total. The largest absolute Gasteiger partial charge is 0.399 e. The molecule has 0 radical (unpaired) electrons. The number of anilines is 1. The van der Waals surface area contributed by atoms with E-state index < -0.39 is 10.0 Å². The maximum absolute atomic E-state index is 12.9. The van der Waals surface area contributed by atoms with Gasteiger partial charge in [0.25, 0.3) is 0 Å². The van der Waals surface area contributed by atoms with Gasteiger partial charge in [0.2, 0.25) is 10.0 Å². The zero-order chi connectivity index (χ0) is 16.0. The van der Waals surface area contributed by atoms with Gasteiger partial charge in [0, 0.05) is 37.0 Å². The molecule has 1 unspecified atom stereocenters. The van der Waals surface area contributed by atoms with Crippen molar-refractivity contribution in [2.45, 2.75) is 17.9 Å². The predicted molar refractivity (Wildman–Crippen MR) is 85.7 cm³/mol. The highest BCUT2D eigenvalue weighted by atomic mass is 79.9. The Morgan fingerprint density at radius 3 is 2.57 bits per heavy atom. The van der Waals surface area contributed by atoms with Crippen molar-refractivity contribution in [1.82, 2.24) is 4.31 Å². The van der Waals surface area contributed by atoms with E-state index in [4.69, 9.17) is 15.2 Å². The van der Waals surface area contributed by atoms with Crippen molar-refractivity contribution < 1.29 is 17.9 Å². The third-order valence-corrected chi connectivity index (χ3v) is 5.96. The Balaban J connectivity index is 3.22. The van der Waals surface area contributed by atoms with Gasteiger partial charge in [0.15, 0.2) is 0 Å². The Kier molecular flexibility index (Phi) is 7.08. The first kappa shape index (κ1) is 18.4. The van der Waals surface area contributed by atoms with Gasteiger partial charge in [0.1, 0.15) is 0 Å². The highest BCUT2D eigenvalue weighted by Crippen LogP contribution is 2.28. The number of halogens is 1. The molecular weight excluding hydrogens is 360 g/mol. The SMILES string of the molecule is COCCN(C(C)COC)S(=O)(=O)c1cc(N)ccc1Br. The van der Waals surface area contributed by atoms with E-state index in [1.165, 1.54) is 24.6 Å². The summed E-state index contributed by atoms with van der Waals surface area (Å²) >= 11 is 3.27. The molecule has 1 rings (SSSR count). The monoisotopic (exact) mass is 380 g/mol. The minimum atomic E-state index is -3.70. The molecule has 0 aliphatic heterocycles. The highest BCUT2D eigenvalue weighted by Gasteiger charge is 2.30. The van der Waals surface area contributed by atoms with Crippen molar-refractivity contribution in [3.8, 4) is 0 Å². The number of nitrogen functional groups attached to an aromatic ring is 1. The summed E-state index contributed by atoms with van der Waals surface area (Å²) in [5, 5.41) is 0. The summed E-state index contributed by atoms with van der Waals surface area (Å²) in [5.74, 6) is 0. The van der Waals surface area contributed by atoms with Crippen molar-refractivity contribution in [2.24, 2.45) is 0 Å². The second kappa shape index (κ2) is 8.09. The van der Waals surface area contributed by atoms with E-state index in [0.717, 1.165) is 0 Å². The van der Waals surface area contributed by atoms with E-state index in [1.54, 1.807) is 19.1 Å². The van der Waals surface area contributed by atoms with Crippen LogP contribution in [0.25, 0.3) is 0 Å².